The van der Waals surface area contributed by atoms with Crippen LogP contribution in [0.1, 0.15) is 65.0 Å². The number of hydrogen-bond donors (Lipinski definition) is 3. The van der Waals surface area contributed by atoms with Crippen molar-refractivity contribution >= 4 is 28.8 Å². The summed E-state index contributed by atoms with van der Waals surface area (Å²) in [6.07, 6.45) is 2.53. The molecule has 3 rings (SSSR count). The van der Waals surface area contributed by atoms with Crippen molar-refractivity contribution in [1.29, 1.82) is 0 Å². The van der Waals surface area contributed by atoms with Crippen LogP contribution in [0.3, 0.4) is 0 Å². The first-order valence-electron chi connectivity index (χ1n) is 10.0. The van der Waals surface area contributed by atoms with Crippen molar-refractivity contribution < 1.29 is 14.4 Å². The predicted molar refractivity (Wildman–Crippen MR) is 115 cm³/mol. The number of fused-ring (bicyclic) bond motifs is 2. The minimum absolute atomic E-state index is 0.0258. The third-order valence-corrected chi connectivity index (χ3v) is 5.29. The molecule has 0 saturated carbocycles. The molecule has 0 spiro atoms. The third kappa shape index (κ3) is 4.16. The Morgan fingerprint density at radius 2 is 1.69 bits per heavy atom. The largest absolute Gasteiger partial charge is 0.386 e. The van der Waals surface area contributed by atoms with Gasteiger partial charge in [-0.1, -0.05) is 31.2 Å². The molecule has 0 saturated heterocycles. The summed E-state index contributed by atoms with van der Waals surface area (Å²) >= 11 is 0. The number of anilines is 2. The number of ketones is 2. The number of benzene rings is 2. The highest BCUT2D eigenvalue weighted by atomic mass is 16.1. The normalized spacial score (nSPS) is 13.3. The van der Waals surface area contributed by atoms with E-state index >= 15 is 0 Å². The minimum Gasteiger partial charge on any atom is -0.386 e. The van der Waals surface area contributed by atoms with Gasteiger partial charge >= 0.3 is 0 Å². The monoisotopic (exact) mass is 393 g/mol. The molecular weight excluding hydrogens is 366 g/mol. The van der Waals surface area contributed by atoms with Gasteiger partial charge in [0.2, 0.25) is 5.91 Å². The summed E-state index contributed by atoms with van der Waals surface area (Å²) in [6.45, 7) is 4.20. The molecule has 0 fully saturated rings. The topological polar surface area (TPSA) is 87.3 Å². The summed E-state index contributed by atoms with van der Waals surface area (Å²) in [5.41, 5.74) is 3.19. The van der Waals surface area contributed by atoms with E-state index in [2.05, 4.69) is 16.0 Å². The second kappa shape index (κ2) is 8.90. The maximum Gasteiger partial charge on any atom is 0.217 e. The van der Waals surface area contributed by atoms with E-state index in [1.54, 1.807) is 37.4 Å². The summed E-state index contributed by atoms with van der Waals surface area (Å²) in [4.78, 5) is 37.4. The van der Waals surface area contributed by atoms with E-state index < -0.39 is 0 Å². The number of carbonyl (C=O) groups is 3. The molecule has 0 bridgehead atoms. The Morgan fingerprint density at radius 3 is 2.31 bits per heavy atom. The molecule has 0 aliphatic heterocycles. The SMILES string of the molecule is CCC(CCCNc1c(NC)ccc2c1C(=O)c1ccccc1C2=O)NC(C)=O. The molecular formula is C23H27N3O3. The highest BCUT2D eigenvalue weighted by Gasteiger charge is 2.32. The molecule has 2 aromatic carbocycles. The van der Waals surface area contributed by atoms with Crippen LogP contribution in [0.2, 0.25) is 0 Å². The van der Waals surface area contributed by atoms with E-state index in [9.17, 15) is 14.4 Å². The summed E-state index contributed by atoms with van der Waals surface area (Å²) in [5.74, 6) is -0.292. The number of nitrogens with one attached hydrogen (secondary N) is 3. The van der Waals surface area contributed by atoms with Crippen LogP contribution in [-0.2, 0) is 4.79 Å². The maximum absolute atomic E-state index is 13.2. The summed E-state index contributed by atoms with van der Waals surface area (Å²) in [7, 11) is 1.79. The van der Waals surface area contributed by atoms with Crippen LogP contribution >= 0.6 is 0 Å². The number of rotatable bonds is 8. The Balaban J connectivity index is 1.83. The van der Waals surface area contributed by atoms with Gasteiger partial charge in [-0.2, -0.15) is 0 Å². The van der Waals surface area contributed by atoms with Crippen molar-refractivity contribution in [3.63, 3.8) is 0 Å². The van der Waals surface area contributed by atoms with Crippen LogP contribution in [0, 0.1) is 0 Å². The maximum atomic E-state index is 13.2. The molecule has 1 unspecified atom stereocenters. The molecule has 3 N–H and O–H groups in total. The highest BCUT2D eigenvalue weighted by molar-refractivity contribution is 6.30. The molecule has 1 aliphatic rings. The molecule has 29 heavy (non-hydrogen) atoms. The fourth-order valence-corrected chi connectivity index (χ4v) is 3.81. The second-order valence-corrected chi connectivity index (χ2v) is 7.24. The lowest BCUT2D eigenvalue weighted by Crippen LogP contribution is -2.32. The summed E-state index contributed by atoms with van der Waals surface area (Å²) in [6, 6.07) is 10.6. The first kappa shape index (κ1) is 20.6. The molecule has 1 aliphatic carbocycles. The van der Waals surface area contributed by atoms with Crippen LogP contribution < -0.4 is 16.0 Å². The van der Waals surface area contributed by atoms with Crippen LogP contribution in [0.4, 0.5) is 11.4 Å². The second-order valence-electron chi connectivity index (χ2n) is 7.24. The van der Waals surface area contributed by atoms with Crippen molar-refractivity contribution in [2.45, 2.75) is 39.2 Å². The van der Waals surface area contributed by atoms with Crippen LogP contribution in [-0.4, -0.2) is 37.1 Å². The predicted octanol–water partition coefficient (Wildman–Crippen LogP) is 3.61. The van der Waals surface area contributed by atoms with Crippen molar-refractivity contribution in [1.82, 2.24) is 5.32 Å². The Bertz CT molecular complexity index is 952. The molecule has 0 radical (unpaired) electrons. The van der Waals surface area contributed by atoms with Crippen molar-refractivity contribution in [3.8, 4) is 0 Å². The number of hydrogen-bond acceptors (Lipinski definition) is 5. The van der Waals surface area contributed by atoms with E-state index in [4.69, 9.17) is 0 Å². The van der Waals surface area contributed by atoms with Crippen LogP contribution in [0.5, 0.6) is 0 Å². The van der Waals surface area contributed by atoms with Crippen LogP contribution in [0.15, 0.2) is 36.4 Å². The minimum atomic E-state index is -0.139. The number of carbonyl (C=O) groups excluding carboxylic acids is 3. The average Bonchev–Trinajstić information content (AvgIpc) is 2.73. The van der Waals surface area contributed by atoms with Gasteiger partial charge in [0.25, 0.3) is 0 Å². The zero-order valence-electron chi connectivity index (χ0n) is 17.1. The lowest BCUT2D eigenvalue weighted by Gasteiger charge is -2.23. The molecule has 1 amide bonds. The molecule has 6 heteroatoms. The molecule has 0 heterocycles. The third-order valence-electron chi connectivity index (χ3n) is 5.29. The molecule has 1 atom stereocenters. The van der Waals surface area contributed by atoms with E-state index in [0.29, 0.717) is 34.5 Å². The van der Waals surface area contributed by atoms with E-state index in [1.807, 2.05) is 13.0 Å². The van der Waals surface area contributed by atoms with Gasteiger partial charge in [0.15, 0.2) is 11.6 Å². The standard InChI is InChI=1S/C23H27N3O3/c1-4-15(26-14(2)27)8-7-13-25-21-19(24-3)12-11-18-20(21)23(29)17-10-6-5-9-16(17)22(18)28/h5-6,9-12,15,24-25H,4,7-8,13H2,1-3H3,(H,26,27). The zero-order chi connectivity index (χ0) is 21.0. The first-order chi connectivity index (χ1) is 14.0. The lowest BCUT2D eigenvalue weighted by molar-refractivity contribution is -0.119. The molecule has 2 aromatic rings. The molecule has 152 valence electrons. The van der Waals surface area contributed by atoms with Gasteiger partial charge in [0, 0.05) is 43.2 Å². The fourth-order valence-electron chi connectivity index (χ4n) is 3.81. The first-order valence-corrected chi connectivity index (χ1v) is 10.0. The summed E-state index contributed by atoms with van der Waals surface area (Å²) in [5, 5.41) is 9.41. The average molecular weight is 393 g/mol. The summed E-state index contributed by atoms with van der Waals surface area (Å²) < 4.78 is 0. The Kier molecular flexibility index (Phi) is 6.32. The van der Waals surface area contributed by atoms with Crippen molar-refractivity contribution in [2.75, 3.05) is 24.2 Å². The van der Waals surface area contributed by atoms with Gasteiger partial charge in [0.05, 0.1) is 16.9 Å². The molecule has 6 nitrogen and oxygen atoms in total. The van der Waals surface area contributed by atoms with Gasteiger partial charge in [-0.15, -0.1) is 0 Å². The Labute approximate surface area is 171 Å². The van der Waals surface area contributed by atoms with Crippen LogP contribution in [0.25, 0.3) is 0 Å². The van der Waals surface area contributed by atoms with Gasteiger partial charge in [-0.05, 0) is 31.4 Å². The van der Waals surface area contributed by atoms with Gasteiger partial charge in [0.1, 0.15) is 0 Å². The van der Waals surface area contributed by atoms with Crippen molar-refractivity contribution in [3.05, 3.63) is 58.7 Å². The highest BCUT2D eigenvalue weighted by Crippen LogP contribution is 2.36. The van der Waals surface area contributed by atoms with E-state index in [1.165, 1.54) is 6.92 Å². The zero-order valence-corrected chi connectivity index (χ0v) is 17.1. The van der Waals surface area contributed by atoms with Crippen molar-refractivity contribution in [2.24, 2.45) is 0 Å². The van der Waals surface area contributed by atoms with Gasteiger partial charge in [-0.25, -0.2) is 0 Å². The lowest BCUT2D eigenvalue weighted by atomic mass is 9.83. The van der Waals surface area contributed by atoms with E-state index in [0.717, 1.165) is 24.9 Å². The van der Waals surface area contributed by atoms with Gasteiger partial charge in [-0.3, -0.25) is 14.4 Å². The Hall–Kier alpha value is -3.15. The molecule has 0 aromatic heterocycles. The Morgan fingerprint density at radius 1 is 1.00 bits per heavy atom. The van der Waals surface area contributed by atoms with Gasteiger partial charge < -0.3 is 16.0 Å². The smallest absolute Gasteiger partial charge is 0.217 e. The van der Waals surface area contributed by atoms with E-state index in [-0.39, 0.29) is 23.5 Å². The fraction of sp³-hybridized carbons (Fsp3) is 0.348. The number of amides is 1. The quantitative estimate of drug-likeness (QED) is 0.509.